The Labute approximate surface area is 144 Å². The topological polar surface area (TPSA) is 43.6 Å². The third-order valence-electron chi connectivity index (χ3n) is 4.26. The van der Waals surface area contributed by atoms with Crippen molar-refractivity contribution in [2.75, 3.05) is 7.11 Å². The Hall–Kier alpha value is -2.59. The van der Waals surface area contributed by atoms with E-state index in [1.165, 1.54) is 4.40 Å². The van der Waals surface area contributed by atoms with E-state index in [4.69, 9.17) is 16.3 Å². The van der Waals surface area contributed by atoms with Crippen molar-refractivity contribution >= 4 is 28.9 Å². The van der Waals surface area contributed by atoms with Crippen LogP contribution in [0.2, 0.25) is 5.02 Å². The fourth-order valence-electron chi connectivity index (χ4n) is 3.09. The number of allylic oxidation sites excluding steroid dienone is 1. The molecule has 4 nitrogen and oxygen atoms in total. The molecule has 0 spiro atoms. The van der Waals surface area contributed by atoms with E-state index in [-0.39, 0.29) is 5.56 Å². The van der Waals surface area contributed by atoms with Gasteiger partial charge in [-0.05, 0) is 54.3 Å². The molecule has 1 aromatic carbocycles. The monoisotopic (exact) mass is 338 g/mol. The predicted molar refractivity (Wildman–Crippen MR) is 95.7 cm³/mol. The zero-order valence-corrected chi connectivity index (χ0v) is 13.9. The summed E-state index contributed by atoms with van der Waals surface area (Å²) in [6.07, 6.45) is 5.20. The molecule has 3 aromatic rings. The van der Waals surface area contributed by atoms with E-state index in [0.29, 0.717) is 17.1 Å². The third kappa shape index (κ3) is 2.49. The average molecular weight is 339 g/mol. The summed E-state index contributed by atoms with van der Waals surface area (Å²) in [5.41, 5.74) is 4.24. The highest BCUT2D eigenvalue weighted by molar-refractivity contribution is 6.30. The summed E-state index contributed by atoms with van der Waals surface area (Å²) in [6, 6.07) is 11.4. The summed E-state index contributed by atoms with van der Waals surface area (Å²) in [5.74, 6) is 0.809. The molecule has 0 bridgehead atoms. The van der Waals surface area contributed by atoms with Gasteiger partial charge in [-0.25, -0.2) is 4.98 Å². The molecule has 2 heterocycles. The summed E-state index contributed by atoms with van der Waals surface area (Å²) in [7, 11) is 1.65. The number of aromatic nitrogens is 2. The minimum Gasteiger partial charge on any atom is -0.497 e. The van der Waals surface area contributed by atoms with Crippen LogP contribution in [0.1, 0.15) is 23.2 Å². The molecule has 24 heavy (non-hydrogen) atoms. The van der Waals surface area contributed by atoms with Crippen LogP contribution in [0.25, 0.3) is 17.3 Å². The number of hydrogen-bond acceptors (Lipinski definition) is 3. The number of hydrogen-bond donors (Lipinski definition) is 0. The lowest BCUT2D eigenvalue weighted by Crippen LogP contribution is -2.19. The standard InChI is InChI=1S/C19H15ClN2O2/c1-24-15-4-2-3-12(10-15)9-13-5-7-16-18(13)21-17-8-6-14(20)11-22(17)19(16)23/h2-4,6,8-11H,5,7H2,1H3. The first kappa shape index (κ1) is 15.0. The van der Waals surface area contributed by atoms with Gasteiger partial charge in [0.1, 0.15) is 11.4 Å². The van der Waals surface area contributed by atoms with Gasteiger partial charge < -0.3 is 4.74 Å². The molecule has 5 heteroatoms. The predicted octanol–water partition coefficient (Wildman–Crippen LogP) is 3.84. The lowest BCUT2D eigenvalue weighted by atomic mass is 10.1. The molecule has 0 saturated carbocycles. The fourth-order valence-corrected chi connectivity index (χ4v) is 3.25. The number of halogens is 1. The second-order valence-corrected chi connectivity index (χ2v) is 6.20. The summed E-state index contributed by atoms with van der Waals surface area (Å²) in [6.45, 7) is 0. The molecule has 4 rings (SSSR count). The molecule has 0 unspecified atom stereocenters. The Morgan fingerprint density at radius 2 is 2.12 bits per heavy atom. The van der Waals surface area contributed by atoms with E-state index >= 15 is 0 Å². The molecule has 0 N–H and O–H groups in total. The summed E-state index contributed by atoms with van der Waals surface area (Å²) in [4.78, 5) is 17.4. The van der Waals surface area contributed by atoms with Gasteiger partial charge in [0.15, 0.2) is 0 Å². The van der Waals surface area contributed by atoms with E-state index in [1.807, 2.05) is 24.3 Å². The van der Waals surface area contributed by atoms with Gasteiger partial charge in [-0.2, -0.15) is 0 Å². The van der Waals surface area contributed by atoms with Gasteiger partial charge in [-0.3, -0.25) is 9.20 Å². The van der Waals surface area contributed by atoms with Crippen LogP contribution in [0.4, 0.5) is 0 Å². The van der Waals surface area contributed by atoms with Gasteiger partial charge in [0.2, 0.25) is 0 Å². The zero-order valence-electron chi connectivity index (χ0n) is 13.1. The number of pyridine rings is 1. The first-order valence-corrected chi connectivity index (χ1v) is 8.09. The molecule has 1 aliphatic rings. The second kappa shape index (κ2) is 5.80. The van der Waals surface area contributed by atoms with Crippen molar-refractivity contribution in [2.24, 2.45) is 0 Å². The Morgan fingerprint density at radius 3 is 2.96 bits per heavy atom. The highest BCUT2D eigenvalue weighted by atomic mass is 35.5. The number of nitrogens with zero attached hydrogens (tertiary/aromatic N) is 2. The first-order chi connectivity index (χ1) is 11.7. The van der Waals surface area contributed by atoms with Crippen molar-refractivity contribution in [3.8, 4) is 5.75 Å². The van der Waals surface area contributed by atoms with Gasteiger partial charge in [-0.15, -0.1) is 0 Å². The largest absolute Gasteiger partial charge is 0.497 e. The molecular formula is C19H15ClN2O2. The number of fused-ring (bicyclic) bond motifs is 2. The molecule has 0 saturated heterocycles. The van der Waals surface area contributed by atoms with Crippen LogP contribution in [0.15, 0.2) is 47.4 Å². The summed E-state index contributed by atoms with van der Waals surface area (Å²) >= 11 is 6.00. The van der Waals surface area contributed by atoms with Crippen LogP contribution in [-0.2, 0) is 6.42 Å². The second-order valence-electron chi connectivity index (χ2n) is 5.77. The maximum absolute atomic E-state index is 12.7. The first-order valence-electron chi connectivity index (χ1n) is 7.71. The maximum Gasteiger partial charge on any atom is 0.261 e. The molecular weight excluding hydrogens is 324 g/mol. The van der Waals surface area contributed by atoms with Crippen LogP contribution in [0.3, 0.4) is 0 Å². The van der Waals surface area contributed by atoms with Crippen LogP contribution in [0, 0.1) is 0 Å². The van der Waals surface area contributed by atoms with Crippen LogP contribution in [-0.4, -0.2) is 16.5 Å². The van der Waals surface area contributed by atoms with Crippen LogP contribution in [0.5, 0.6) is 5.75 Å². The molecule has 1 aliphatic carbocycles. The number of methoxy groups -OCH3 is 1. The lowest BCUT2D eigenvalue weighted by molar-refractivity contribution is 0.414. The maximum atomic E-state index is 12.7. The summed E-state index contributed by atoms with van der Waals surface area (Å²) in [5, 5.41) is 0.525. The van der Waals surface area contributed by atoms with Crippen molar-refractivity contribution in [3.63, 3.8) is 0 Å². The third-order valence-corrected chi connectivity index (χ3v) is 4.49. The molecule has 0 fully saturated rings. The van der Waals surface area contributed by atoms with Crippen molar-refractivity contribution < 1.29 is 4.74 Å². The minimum atomic E-state index is -0.0356. The summed E-state index contributed by atoms with van der Waals surface area (Å²) < 4.78 is 6.79. The molecule has 120 valence electrons. The molecule has 0 atom stereocenters. The Bertz CT molecular complexity index is 1040. The SMILES string of the molecule is COc1cccc(C=C2CCc3c2nc2ccc(Cl)cn2c3=O)c1. The smallest absolute Gasteiger partial charge is 0.261 e. The average Bonchev–Trinajstić information content (AvgIpc) is 2.99. The van der Waals surface area contributed by atoms with Crippen LogP contribution < -0.4 is 10.3 Å². The highest BCUT2D eigenvalue weighted by Gasteiger charge is 2.22. The Kier molecular flexibility index (Phi) is 3.62. The molecule has 0 radical (unpaired) electrons. The fraction of sp³-hybridized carbons (Fsp3) is 0.158. The minimum absolute atomic E-state index is 0.0356. The Morgan fingerprint density at radius 1 is 1.25 bits per heavy atom. The van der Waals surface area contributed by atoms with E-state index in [0.717, 1.165) is 34.6 Å². The Balaban J connectivity index is 1.87. The van der Waals surface area contributed by atoms with Gasteiger partial charge in [-0.1, -0.05) is 23.7 Å². The van der Waals surface area contributed by atoms with E-state index < -0.39 is 0 Å². The van der Waals surface area contributed by atoms with Crippen molar-refractivity contribution in [1.29, 1.82) is 0 Å². The van der Waals surface area contributed by atoms with Crippen LogP contribution >= 0.6 is 11.6 Å². The number of benzene rings is 1. The molecule has 2 aromatic heterocycles. The van der Waals surface area contributed by atoms with Crippen molar-refractivity contribution in [1.82, 2.24) is 9.38 Å². The van der Waals surface area contributed by atoms with Gasteiger partial charge >= 0.3 is 0 Å². The van der Waals surface area contributed by atoms with E-state index in [2.05, 4.69) is 11.1 Å². The van der Waals surface area contributed by atoms with Crippen molar-refractivity contribution in [2.45, 2.75) is 12.8 Å². The zero-order chi connectivity index (χ0) is 16.7. The van der Waals surface area contributed by atoms with Gasteiger partial charge in [0, 0.05) is 11.8 Å². The van der Waals surface area contributed by atoms with E-state index in [1.54, 1.807) is 25.4 Å². The van der Waals surface area contributed by atoms with Gasteiger partial charge in [0.05, 0.1) is 17.8 Å². The normalized spacial score (nSPS) is 15.0. The lowest BCUT2D eigenvalue weighted by Gasteiger charge is -2.06. The molecule has 0 amide bonds. The number of rotatable bonds is 2. The van der Waals surface area contributed by atoms with E-state index in [9.17, 15) is 4.79 Å². The van der Waals surface area contributed by atoms with Crippen molar-refractivity contribution in [3.05, 3.63) is 74.8 Å². The highest BCUT2D eigenvalue weighted by Crippen LogP contribution is 2.31. The molecule has 0 aliphatic heterocycles. The van der Waals surface area contributed by atoms with Gasteiger partial charge in [0.25, 0.3) is 5.56 Å². The number of ether oxygens (including phenoxy) is 1. The quantitative estimate of drug-likeness (QED) is 0.713.